The number of nitrogens with one attached hydrogen (secondary N) is 1. The summed E-state index contributed by atoms with van der Waals surface area (Å²) in [4.78, 5) is 19.7. The molecule has 1 amide bonds. The Bertz CT molecular complexity index is 1280. The molecule has 1 atom stereocenters. The van der Waals surface area contributed by atoms with Gasteiger partial charge >= 0.3 is 0 Å². The van der Waals surface area contributed by atoms with Crippen molar-refractivity contribution in [1.29, 1.82) is 0 Å². The van der Waals surface area contributed by atoms with E-state index in [1.54, 1.807) is 6.26 Å². The van der Waals surface area contributed by atoms with E-state index in [-0.39, 0.29) is 5.91 Å². The van der Waals surface area contributed by atoms with Crippen molar-refractivity contribution in [3.8, 4) is 0 Å². The Hall–Kier alpha value is -2.46. The first-order valence-corrected chi connectivity index (χ1v) is 13.3. The van der Waals surface area contributed by atoms with E-state index in [9.17, 15) is 9.00 Å². The van der Waals surface area contributed by atoms with Gasteiger partial charge in [0, 0.05) is 60.6 Å². The van der Waals surface area contributed by atoms with Gasteiger partial charge in [-0.3, -0.25) is 13.9 Å². The predicted molar refractivity (Wildman–Crippen MR) is 136 cm³/mol. The molecule has 0 bridgehead atoms. The predicted octanol–water partition coefficient (Wildman–Crippen LogP) is 2.83. The topological polar surface area (TPSA) is 83.4 Å². The van der Waals surface area contributed by atoms with Crippen molar-refractivity contribution in [1.82, 2.24) is 24.0 Å². The maximum absolute atomic E-state index is 12.8. The fourth-order valence-corrected chi connectivity index (χ4v) is 5.29. The molecule has 176 valence electrons. The number of fused-ring (bicyclic) bond motifs is 1. The third-order valence-electron chi connectivity index (χ3n) is 5.93. The first kappa shape index (κ1) is 23.7. The molecule has 10 heteroatoms. The van der Waals surface area contributed by atoms with Gasteiger partial charge in [0.25, 0.3) is 5.91 Å². The number of anilines is 1. The number of carbonyl (C=O) groups excluding carboxylic acids is 1. The lowest BCUT2D eigenvalue weighted by Crippen LogP contribution is -2.48. The fraction of sp³-hybridized carbons (Fsp3) is 0.391. The number of aromatic nitrogens is 3. The monoisotopic (exact) mass is 488 g/mol. The Labute approximate surface area is 199 Å². The zero-order valence-electron chi connectivity index (χ0n) is 19.2. The molecule has 33 heavy (non-hydrogen) atoms. The molecule has 0 radical (unpaired) electrons. The van der Waals surface area contributed by atoms with Crippen LogP contribution in [0.15, 0.2) is 30.5 Å². The first-order chi connectivity index (χ1) is 15.6. The smallest absolute Gasteiger partial charge is 0.258 e. The van der Waals surface area contributed by atoms with Crippen LogP contribution in [0.1, 0.15) is 21.6 Å². The number of amides is 1. The molecule has 0 saturated carbocycles. The molecule has 1 unspecified atom stereocenters. The van der Waals surface area contributed by atoms with Crippen molar-refractivity contribution in [2.45, 2.75) is 20.4 Å². The van der Waals surface area contributed by atoms with Gasteiger partial charge in [0.05, 0.1) is 28.2 Å². The van der Waals surface area contributed by atoms with Gasteiger partial charge in [-0.1, -0.05) is 29.3 Å². The summed E-state index contributed by atoms with van der Waals surface area (Å²) in [6.07, 6.45) is 3.20. The van der Waals surface area contributed by atoms with Gasteiger partial charge in [-0.2, -0.15) is 5.10 Å². The van der Waals surface area contributed by atoms with Crippen molar-refractivity contribution >= 4 is 49.8 Å². The van der Waals surface area contributed by atoms with Crippen LogP contribution in [0.2, 0.25) is 5.02 Å². The SMILES string of the molecule is C=S(C)(=O)N1CCN(CCn2nc(C)c3c(Cl)c(C(=O)Nc4ccc(C)cc4)cnc32)CC1. The minimum absolute atomic E-state index is 0.304. The van der Waals surface area contributed by atoms with Gasteiger partial charge in [0.15, 0.2) is 5.65 Å². The fourth-order valence-electron chi connectivity index (χ4n) is 4.00. The first-order valence-electron chi connectivity index (χ1n) is 10.8. The minimum Gasteiger partial charge on any atom is -0.322 e. The Morgan fingerprint density at radius 3 is 2.45 bits per heavy atom. The van der Waals surface area contributed by atoms with Gasteiger partial charge in [-0.15, -0.1) is 0 Å². The number of rotatable bonds is 6. The van der Waals surface area contributed by atoms with Gasteiger partial charge in [-0.05, 0) is 31.9 Å². The molecule has 1 saturated heterocycles. The van der Waals surface area contributed by atoms with E-state index in [2.05, 4.69) is 26.2 Å². The summed E-state index contributed by atoms with van der Waals surface area (Å²) in [5.41, 5.74) is 3.54. The molecular formula is C23H29ClN6O2S. The molecule has 3 aromatic rings. The molecule has 0 aliphatic carbocycles. The van der Waals surface area contributed by atoms with Gasteiger partial charge in [0.2, 0.25) is 0 Å². The Morgan fingerprint density at radius 1 is 1.15 bits per heavy atom. The van der Waals surface area contributed by atoms with Crippen molar-refractivity contribution in [3.05, 3.63) is 52.3 Å². The largest absolute Gasteiger partial charge is 0.322 e. The lowest BCUT2D eigenvalue weighted by atomic mass is 10.2. The summed E-state index contributed by atoms with van der Waals surface area (Å²) in [5, 5.41) is 8.55. The number of halogens is 1. The number of pyridine rings is 1. The molecule has 1 fully saturated rings. The van der Waals surface area contributed by atoms with Crippen molar-refractivity contribution < 1.29 is 9.00 Å². The van der Waals surface area contributed by atoms with Crippen LogP contribution in [0.5, 0.6) is 0 Å². The highest BCUT2D eigenvalue weighted by Crippen LogP contribution is 2.29. The second-order valence-corrected chi connectivity index (χ2v) is 11.4. The molecule has 0 spiro atoms. The quantitative estimate of drug-likeness (QED) is 0.539. The maximum atomic E-state index is 12.8. The number of hydrogen-bond donors (Lipinski definition) is 1. The van der Waals surface area contributed by atoms with Gasteiger partial charge in [-0.25, -0.2) is 14.0 Å². The third kappa shape index (κ3) is 5.22. The van der Waals surface area contributed by atoms with E-state index < -0.39 is 9.71 Å². The summed E-state index contributed by atoms with van der Waals surface area (Å²) in [5.74, 6) is 3.47. The highest BCUT2D eigenvalue weighted by molar-refractivity contribution is 7.97. The minimum atomic E-state index is -2.15. The average Bonchev–Trinajstić information content (AvgIpc) is 3.10. The summed E-state index contributed by atoms with van der Waals surface area (Å²) >= 11 is 6.65. The molecule has 8 nitrogen and oxygen atoms in total. The number of benzene rings is 1. The molecule has 1 aliphatic rings. The van der Waals surface area contributed by atoms with Crippen LogP contribution < -0.4 is 5.32 Å². The average molecular weight is 489 g/mol. The Morgan fingerprint density at radius 2 is 1.82 bits per heavy atom. The second-order valence-electron chi connectivity index (χ2n) is 8.54. The van der Waals surface area contributed by atoms with E-state index >= 15 is 0 Å². The number of carbonyl (C=O) groups is 1. The van der Waals surface area contributed by atoms with Crippen LogP contribution in [-0.2, 0) is 16.3 Å². The lowest BCUT2D eigenvalue weighted by molar-refractivity contribution is 0.102. The summed E-state index contributed by atoms with van der Waals surface area (Å²) in [6.45, 7) is 8.44. The zero-order valence-corrected chi connectivity index (χ0v) is 20.7. The third-order valence-corrected chi connectivity index (χ3v) is 7.78. The number of piperazine rings is 1. The highest BCUT2D eigenvalue weighted by atomic mass is 35.5. The molecule has 2 aromatic heterocycles. The van der Waals surface area contributed by atoms with Crippen molar-refractivity contribution in [2.75, 3.05) is 44.3 Å². The second kappa shape index (κ2) is 9.42. The molecule has 1 N–H and O–H groups in total. The Balaban J connectivity index is 1.47. The Kier molecular flexibility index (Phi) is 6.76. The molecule has 1 aliphatic heterocycles. The molecular weight excluding hydrogens is 460 g/mol. The number of aryl methyl sites for hydroxylation is 2. The standard InChI is InChI=1S/C23H29ClN6O2S/c1-16-5-7-18(8-6-16)26-23(31)19-15-25-22-20(21(19)24)17(2)27-30(22)14-11-28-9-12-29(13-10-28)33(3,4)32/h5-8,15H,3,9-14H2,1-2,4H3,(H,26,31). The normalized spacial score (nSPS) is 17.2. The van der Waals surface area contributed by atoms with Crippen LogP contribution in [0.25, 0.3) is 11.0 Å². The molecule has 4 rings (SSSR count). The van der Waals surface area contributed by atoms with Crippen molar-refractivity contribution in [3.63, 3.8) is 0 Å². The van der Waals surface area contributed by atoms with Crippen LogP contribution in [0.4, 0.5) is 5.69 Å². The number of nitrogens with zero attached hydrogens (tertiary/aromatic N) is 5. The van der Waals surface area contributed by atoms with Crippen LogP contribution in [0, 0.1) is 13.8 Å². The van der Waals surface area contributed by atoms with E-state index in [0.717, 1.165) is 44.0 Å². The van der Waals surface area contributed by atoms with E-state index in [1.807, 2.05) is 47.1 Å². The molecule has 3 heterocycles. The van der Waals surface area contributed by atoms with E-state index in [4.69, 9.17) is 11.6 Å². The lowest BCUT2D eigenvalue weighted by Gasteiger charge is -2.35. The van der Waals surface area contributed by atoms with Crippen molar-refractivity contribution in [2.24, 2.45) is 0 Å². The summed E-state index contributed by atoms with van der Waals surface area (Å²) in [7, 11) is -2.15. The summed E-state index contributed by atoms with van der Waals surface area (Å²) in [6, 6.07) is 7.58. The summed E-state index contributed by atoms with van der Waals surface area (Å²) < 4.78 is 15.9. The zero-order chi connectivity index (χ0) is 23.8. The van der Waals surface area contributed by atoms with Gasteiger partial charge < -0.3 is 5.32 Å². The highest BCUT2D eigenvalue weighted by Gasteiger charge is 2.22. The van der Waals surface area contributed by atoms with Crippen LogP contribution >= 0.6 is 11.6 Å². The van der Waals surface area contributed by atoms with E-state index in [0.29, 0.717) is 33.9 Å². The van der Waals surface area contributed by atoms with Gasteiger partial charge in [0.1, 0.15) is 0 Å². The number of hydrogen-bond acceptors (Lipinski definition) is 5. The van der Waals surface area contributed by atoms with Crippen LogP contribution in [-0.4, -0.2) is 78.9 Å². The van der Waals surface area contributed by atoms with E-state index in [1.165, 1.54) is 6.20 Å². The molecule has 1 aromatic carbocycles. The van der Waals surface area contributed by atoms with Crippen LogP contribution in [0.3, 0.4) is 0 Å². The maximum Gasteiger partial charge on any atom is 0.258 e.